The Kier molecular flexibility index (Phi) is 12.1. The lowest BCUT2D eigenvalue weighted by Crippen LogP contribution is -2.30. The predicted octanol–water partition coefficient (Wildman–Crippen LogP) is 4.72. The maximum Gasteiger partial charge on any atom is 0.336 e. The number of hydrogen-bond acceptors (Lipinski definition) is 5. The fraction of sp³-hybridized carbons (Fsp3) is 0.476. The number of carbonyl (C=O) groups is 1. The van der Waals surface area contributed by atoms with Crippen LogP contribution in [0.1, 0.15) is 53.0 Å². The second kappa shape index (κ2) is 13.1. The average molecular weight is 363 g/mol. The molecule has 0 aromatic heterocycles. The van der Waals surface area contributed by atoms with Crippen LogP contribution in [0.2, 0.25) is 0 Å². The van der Waals surface area contributed by atoms with Crippen molar-refractivity contribution in [2.24, 2.45) is 0 Å². The lowest BCUT2D eigenvalue weighted by molar-refractivity contribution is -0.265. The molecule has 1 aromatic carbocycles. The zero-order valence-corrected chi connectivity index (χ0v) is 17.3. The minimum atomic E-state index is -0.346. The molecule has 1 aromatic rings. The van der Waals surface area contributed by atoms with Crippen molar-refractivity contribution >= 4 is 5.97 Å². The molecule has 1 N–H and O–H groups in total. The molecule has 1 unspecified atom stereocenters. The molecule has 2 rings (SSSR count). The third kappa shape index (κ3) is 6.00. The number of esters is 1. The number of benzene rings is 1. The summed E-state index contributed by atoms with van der Waals surface area (Å²) in [5.74, 6) is -0.564. The molecule has 1 heterocycles. The zero-order chi connectivity index (χ0) is 20.1. The standard InChI is InChI=1S/C17H21NO4.2C2H6/c1-11-14(10-22-21-4)16(13-8-6-5-7-9-13)15(12(2)18-11)17(19)20-3;2*1-2/h5-9,16,18H,10H2,1-4H3;2*1-2H3. The summed E-state index contributed by atoms with van der Waals surface area (Å²) in [6.07, 6.45) is 0. The molecule has 0 bridgehead atoms. The van der Waals surface area contributed by atoms with Gasteiger partial charge >= 0.3 is 5.97 Å². The van der Waals surface area contributed by atoms with Crippen molar-refractivity contribution in [3.05, 3.63) is 58.4 Å². The van der Waals surface area contributed by atoms with Gasteiger partial charge in [-0.05, 0) is 25.0 Å². The van der Waals surface area contributed by atoms with Crippen LogP contribution in [0.3, 0.4) is 0 Å². The summed E-state index contributed by atoms with van der Waals surface area (Å²) in [4.78, 5) is 22.1. The van der Waals surface area contributed by atoms with E-state index in [0.717, 1.165) is 22.5 Å². The summed E-state index contributed by atoms with van der Waals surface area (Å²) in [5, 5.41) is 3.23. The molecule has 5 heteroatoms. The summed E-state index contributed by atoms with van der Waals surface area (Å²) < 4.78 is 4.97. The lowest BCUT2D eigenvalue weighted by atomic mass is 9.81. The summed E-state index contributed by atoms with van der Waals surface area (Å²) >= 11 is 0. The van der Waals surface area contributed by atoms with Gasteiger partial charge in [0.25, 0.3) is 0 Å². The van der Waals surface area contributed by atoms with E-state index in [4.69, 9.17) is 14.5 Å². The third-order valence-corrected chi connectivity index (χ3v) is 3.77. The van der Waals surface area contributed by atoms with Crippen molar-refractivity contribution in [3.8, 4) is 0 Å². The Hall–Kier alpha value is -2.11. The second-order valence-electron chi connectivity index (χ2n) is 5.08. The quantitative estimate of drug-likeness (QED) is 0.466. The highest BCUT2D eigenvalue weighted by Crippen LogP contribution is 2.38. The van der Waals surface area contributed by atoms with Crippen LogP contribution in [-0.2, 0) is 19.3 Å². The number of rotatable bonds is 5. The average Bonchev–Trinajstić information content (AvgIpc) is 2.70. The van der Waals surface area contributed by atoms with E-state index in [-0.39, 0.29) is 18.5 Å². The van der Waals surface area contributed by atoms with E-state index >= 15 is 0 Å². The fourth-order valence-electron chi connectivity index (χ4n) is 2.74. The van der Waals surface area contributed by atoms with E-state index in [0.29, 0.717) is 5.57 Å². The Balaban J connectivity index is 0.00000146. The van der Waals surface area contributed by atoms with Gasteiger partial charge in [-0.25, -0.2) is 14.6 Å². The molecule has 1 atom stereocenters. The first-order valence-electron chi connectivity index (χ1n) is 9.06. The maximum atomic E-state index is 12.3. The van der Waals surface area contributed by atoms with Gasteiger partial charge in [0, 0.05) is 17.3 Å². The van der Waals surface area contributed by atoms with E-state index in [1.807, 2.05) is 71.9 Å². The number of dihydropyridines is 1. The second-order valence-corrected chi connectivity index (χ2v) is 5.08. The van der Waals surface area contributed by atoms with E-state index in [9.17, 15) is 4.79 Å². The molecule has 0 aliphatic carbocycles. The van der Waals surface area contributed by atoms with Gasteiger partial charge in [0.05, 0.1) is 19.8 Å². The fourth-order valence-corrected chi connectivity index (χ4v) is 2.74. The monoisotopic (exact) mass is 363 g/mol. The Morgan fingerprint density at radius 3 is 2.08 bits per heavy atom. The van der Waals surface area contributed by atoms with Gasteiger partial charge in [-0.15, -0.1) is 0 Å². The van der Waals surface area contributed by atoms with Crippen molar-refractivity contribution < 1.29 is 19.3 Å². The van der Waals surface area contributed by atoms with Gasteiger partial charge in [0.2, 0.25) is 0 Å². The molecule has 0 radical (unpaired) electrons. The van der Waals surface area contributed by atoms with Crippen LogP contribution >= 0.6 is 0 Å². The summed E-state index contributed by atoms with van der Waals surface area (Å²) in [7, 11) is 2.85. The van der Waals surface area contributed by atoms with Gasteiger partial charge in [0.1, 0.15) is 6.61 Å². The molecule has 0 saturated carbocycles. The van der Waals surface area contributed by atoms with Crippen molar-refractivity contribution in [1.82, 2.24) is 5.32 Å². The molecular formula is C21H33NO4. The number of allylic oxidation sites excluding steroid dienone is 2. The molecular weight excluding hydrogens is 330 g/mol. The summed E-state index contributed by atoms with van der Waals surface area (Å²) in [5.41, 5.74) is 4.29. The highest BCUT2D eigenvalue weighted by atomic mass is 17.2. The van der Waals surface area contributed by atoms with Crippen LogP contribution < -0.4 is 5.32 Å². The Morgan fingerprint density at radius 2 is 1.58 bits per heavy atom. The summed E-state index contributed by atoms with van der Waals surface area (Å²) in [6.45, 7) is 12.1. The molecule has 0 saturated heterocycles. The highest BCUT2D eigenvalue weighted by molar-refractivity contribution is 5.92. The number of nitrogens with one attached hydrogen (secondary N) is 1. The van der Waals surface area contributed by atoms with Gasteiger partial charge in [-0.1, -0.05) is 58.0 Å². The Morgan fingerprint density at radius 1 is 1.00 bits per heavy atom. The zero-order valence-electron chi connectivity index (χ0n) is 17.3. The Labute approximate surface area is 158 Å². The van der Waals surface area contributed by atoms with Crippen LogP contribution in [0.15, 0.2) is 52.9 Å². The number of carbonyl (C=O) groups excluding carboxylic acids is 1. The topological polar surface area (TPSA) is 56.8 Å². The minimum absolute atomic E-state index is 0.218. The summed E-state index contributed by atoms with van der Waals surface area (Å²) in [6, 6.07) is 9.83. The largest absolute Gasteiger partial charge is 0.466 e. The van der Waals surface area contributed by atoms with Crippen LogP contribution in [0.4, 0.5) is 0 Å². The van der Waals surface area contributed by atoms with Gasteiger partial charge in [0.15, 0.2) is 0 Å². The normalized spacial score (nSPS) is 15.9. The molecule has 0 amide bonds. The third-order valence-electron chi connectivity index (χ3n) is 3.77. The van der Waals surface area contributed by atoms with Crippen molar-refractivity contribution in [2.75, 3.05) is 20.8 Å². The predicted molar refractivity (Wildman–Crippen MR) is 105 cm³/mol. The number of hydrogen-bond donors (Lipinski definition) is 1. The van der Waals surface area contributed by atoms with Crippen LogP contribution in [0.25, 0.3) is 0 Å². The van der Waals surface area contributed by atoms with Gasteiger partial charge in [-0.2, -0.15) is 0 Å². The highest BCUT2D eigenvalue weighted by Gasteiger charge is 2.33. The van der Waals surface area contributed by atoms with Gasteiger partial charge in [-0.3, -0.25) is 0 Å². The van der Waals surface area contributed by atoms with Crippen LogP contribution in [0, 0.1) is 0 Å². The smallest absolute Gasteiger partial charge is 0.336 e. The first-order chi connectivity index (χ1) is 12.6. The molecule has 0 fully saturated rings. The minimum Gasteiger partial charge on any atom is -0.466 e. The van der Waals surface area contributed by atoms with Crippen molar-refractivity contribution in [2.45, 2.75) is 47.5 Å². The SMILES string of the molecule is CC.CC.COOCC1=C(C)NC(C)=C(C(=O)OC)C1c1ccccc1. The molecule has 1 aliphatic rings. The lowest BCUT2D eigenvalue weighted by Gasteiger charge is -2.31. The van der Waals surface area contributed by atoms with E-state index in [1.54, 1.807) is 0 Å². The molecule has 146 valence electrons. The van der Waals surface area contributed by atoms with E-state index < -0.39 is 0 Å². The van der Waals surface area contributed by atoms with E-state index in [1.165, 1.54) is 14.2 Å². The van der Waals surface area contributed by atoms with Gasteiger partial charge < -0.3 is 10.1 Å². The number of methoxy groups -OCH3 is 1. The molecule has 26 heavy (non-hydrogen) atoms. The van der Waals surface area contributed by atoms with Crippen molar-refractivity contribution in [3.63, 3.8) is 0 Å². The van der Waals surface area contributed by atoms with Crippen LogP contribution in [0.5, 0.6) is 0 Å². The Bertz CT molecular complexity index is 606. The molecule has 0 spiro atoms. The van der Waals surface area contributed by atoms with E-state index in [2.05, 4.69) is 5.32 Å². The molecule has 1 aliphatic heterocycles. The van der Waals surface area contributed by atoms with Crippen LogP contribution in [-0.4, -0.2) is 26.8 Å². The maximum absolute atomic E-state index is 12.3. The number of ether oxygens (including phenoxy) is 1. The van der Waals surface area contributed by atoms with Crippen molar-refractivity contribution in [1.29, 1.82) is 0 Å². The first-order valence-corrected chi connectivity index (χ1v) is 9.06. The molecule has 5 nitrogen and oxygen atoms in total. The first kappa shape index (κ1) is 23.9.